The van der Waals surface area contributed by atoms with E-state index in [1.807, 2.05) is 64.7 Å². The van der Waals surface area contributed by atoms with Gasteiger partial charge in [-0.25, -0.2) is 0 Å². The number of thiophene rings is 1. The standard InChI is InChI=1S/C49H66N8O8S/c1-33-28-38-29-37(48(59)55-19-20-57(34(2)31-55)49(60)45(36-8-6-5-7-9-36)52-47(58)35(3)50-4)10-11-42(38)56(33)21-22-61-23-24-62-25-26-63-44-30-40(65-53-44)32-54-17-13-39(14-18-54)64-43-12-16-51-41-15-27-66-46(41)43/h10-12,15-16,27-30,34-36,39,45,50H,5-9,13-14,17-26,31-32H2,1-4H3,(H,52,58)/t34-,35+,45?/m1/s1. The first-order chi connectivity index (χ1) is 32.1. The highest BCUT2D eigenvalue weighted by molar-refractivity contribution is 7.17. The summed E-state index contributed by atoms with van der Waals surface area (Å²) in [6.07, 6.45) is 9.03. The average molecular weight is 927 g/mol. The number of hydrogen-bond donors (Lipinski definition) is 2. The highest BCUT2D eigenvalue weighted by atomic mass is 32.1. The van der Waals surface area contributed by atoms with Crippen LogP contribution in [0.2, 0.25) is 0 Å². The first-order valence-electron chi connectivity index (χ1n) is 23.8. The summed E-state index contributed by atoms with van der Waals surface area (Å²) in [5.74, 6) is 2.02. The molecule has 0 bridgehead atoms. The maximum absolute atomic E-state index is 14.0. The molecule has 6 heterocycles. The normalized spacial score (nSPS) is 18.8. The van der Waals surface area contributed by atoms with E-state index in [2.05, 4.69) is 43.2 Å². The Morgan fingerprint density at radius 3 is 2.50 bits per heavy atom. The molecule has 16 nitrogen and oxygen atoms in total. The van der Waals surface area contributed by atoms with E-state index in [0.717, 1.165) is 96.4 Å². The van der Waals surface area contributed by atoms with Crippen molar-refractivity contribution in [3.8, 4) is 11.6 Å². The van der Waals surface area contributed by atoms with Crippen LogP contribution in [-0.2, 0) is 32.2 Å². The SMILES string of the molecule is CN[C@@H](C)C(=O)NC(C(=O)N1CCN(C(=O)c2ccc3c(c2)cc(C)n3CCOCCOCCOc2cc(CN3CCC(Oc4ccnc5ccsc45)CC3)on2)C[C@H]1C)C1CCCCC1. The Labute approximate surface area is 391 Å². The Morgan fingerprint density at radius 1 is 0.924 bits per heavy atom. The van der Waals surface area contributed by atoms with Crippen LogP contribution in [0.4, 0.5) is 0 Å². The number of amides is 3. The molecule has 3 aliphatic rings. The van der Waals surface area contributed by atoms with E-state index in [0.29, 0.717) is 77.2 Å². The van der Waals surface area contributed by atoms with Crippen molar-refractivity contribution in [1.82, 2.24) is 40.0 Å². The number of ether oxygens (including phenoxy) is 4. The zero-order valence-electron chi connectivity index (χ0n) is 38.9. The molecule has 3 amide bonds. The molecule has 1 aliphatic carbocycles. The number of aryl methyl sites for hydroxylation is 1. The van der Waals surface area contributed by atoms with E-state index in [-0.39, 0.29) is 35.8 Å². The lowest BCUT2D eigenvalue weighted by atomic mass is 9.83. The number of piperazine rings is 1. The Morgan fingerprint density at radius 2 is 1.71 bits per heavy atom. The molecule has 66 heavy (non-hydrogen) atoms. The number of pyridine rings is 1. The third-order valence-electron chi connectivity index (χ3n) is 13.4. The Bertz CT molecular complexity index is 2390. The quantitative estimate of drug-likeness (QED) is 0.0871. The van der Waals surface area contributed by atoms with Crippen molar-refractivity contribution in [2.24, 2.45) is 5.92 Å². The summed E-state index contributed by atoms with van der Waals surface area (Å²) >= 11 is 1.66. The topological polar surface area (TPSA) is 166 Å². The molecule has 5 aromatic rings. The number of carbonyl (C=O) groups excluding carboxylic acids is 3. The molecule has 2 aliphatic heterocycles. The molecular formula is C49H66N8O8S. The average Bonchev–Trinajstić information content (AvgIpc) is 4.09. The van der Waals surface area contributed by atoms with E-state index in [1.165, 1.54) is 0 Å². The largest absolute Gasteiger partial charge is 0.489 e. The summed E-state index contributed by atoms with van der Waals surface area (Å²) in [5, 5.41) is 13.2. The van der Waals surface area contributed by atoms with Gasteiger partial charge >= 0.3 is 0 Å². The van der Waals surface area contributed by atoms with E-state index < -0.39 is 12.1 Å². The fourth-order valence-electron chi connectivity index (χ4n) is 9.57. The number of nitrogens with one attached hydrogen (secondary N) is 2. The van der Waals surface area contributed by atoms with E-state index in [1.54, 1.807) is 25.3 Å². The lowest BCUT2D eigenvalue weighted by molar-refractivity contribution is -0.142. The molecule has 0 spiro atoms. The third kappa shape index (κ3) is 11.7. The van der Waals surface area contributed by atoms with Crippen molar-refractivity contribution in [1.29, 1.82) is 0 Å². The third-order valence-corrected chi connectivity index (χ3v) is 14.3. The van der Waals surface area contributed by atoms with Crippen molar-refractivity contribution < 1.29 is 37.9 Å². The van der Waals surface area contributed by atoms with E-state index in [4.69, 9.17) is 23.5 Å². The Balaban J connectivity index is 0.712. The number of nitrogens with zero attached hydrogens (tertiary/aromatic N) is 6. The van der Waals surface area contributed by atoms with Crippen molar-refractivity contribution in [2.45, 2.75) is 103 Å². The molecule has 3 atom stereocenters. The first kappa shape index (κ1) is 47.4. The summed E-state index contributed by atoms with van der Waals surface area (Å²) < 4.78 is 32.7. The smallest absolute Gasteiger partial charge is 0.254 e. The predicted molar refractivity (Wildman–Crippen MR) is 253 cm³/mol. The molecule has 356 valence electrons. The number of aromatic nitrogens is 3. The molecule has 4 aromatic heterocycles. The summed E-state index contributed by atoms with van der Waals surface area (Å²) in [6.45, 7) is 12.5. The minimum Gasteiger partial charge on any atom is -0.489 e. The van der Waals surface area contributed by atoms with E-state index in [9.17, 15) is 14.4 Å². The van der Waals surface area contributed by atoms with Crippen molar-refractivity contribution in [3.63, 3.8) is 0 Å². The Hall–Kier alpha value is -5.07. The van der Waals surface area contributed by atoms with Gasteiger partial charge in [0.1, 0.15) is 24.5 Å². The van der Waals surface area contributed by atoms with Gasteiger partial charge < -0.3 is 48.5 Å². The fraction of sp³-hybridized carbons (Fsp3) is 0.571. The first-order valence-corrected chi connectivity index (χ1v) is 24.7. The summed E-state index contributed by atoms with van der Waals surface area (Å²) in [7, 11) is 1.74. The zero-order chi connectivity index (χ0) is 46.0. The van der Waals surface area contributed by atoms with Gasteiger partial charge in [0.25, 0.3) is 11.8 Å². The Kier molecular flexibility index (Phi) is 16.3. The number of piperidine rings is 1. The van der Waals surface area contributed by atoms with Gasteiger partial charge in [0.2, 0.25) is 11.8 Å². The van der Waals surface area contributed by atoms with Crippen LogP contribution in [0.5, 0.6) is 11.6 Å². The highest BCUT2D eigenvalue weighted by Gasteiger charge is 2.38. The van der Waals surface area contributed by atoms with Gasteiger partial charge in [-0.2, -0.15) is 0 Å². The number of benzene rings is 1. The van der Waals surface area contributed by atoms with Gasteiger partial charge in [0, 0.05) is 79.7 Å². The fourth-order valence-corrected chi connectivity index (χ4v) is 10.4. The molecule has 2 saturated heterocycles. The second-order valence-electron chi connectivity index (χ2n) is 18.0. The molecule has 0 radical (unpaired) electrons. The molecule has 1 saturated carbocycles. The summed E-state index contributed by atoms with van der Waals surface area (Å²) in [5.41, 5.74) is 3.74. The number of carbonyl (C=O) groups is 3. The van der Waals surface area contributed by atoms with Crippen LogP contribution in [0.1, 0.15) is 80.6 Å². The molecule has 3 fully saturated rings. The lowest BCUT2D eigenvalue weighted by Crippen LogP contribution is -2.62. The number of rotatable bonds is 20. The molecule has 1 aromatic carbocycles. The summed E-state index contributed by atoms with van der Waals surface area (Å²) in [6, 6.07) is 12.7. The minimum atomic E-state index is -0.553. The highest BCUT2D eigenvalue weighted by Crippen LogP contribution is 2.32. The van der Waals surface area contributed by atoms with Crippen LogP contribution < -0.4 is 20.1 Å². The zero-order valence-corrected chi connectivity index (χ0v) is 39.7. The van der Waals surface area contributed by atoms with Crippen LogP contribution in [0.3, 0.4) is 0 Å². The number of hydrogen-bond acceptors (Lipinski definition) is 13. The van der Waals surface area contributed by atoms with Gasteiger partial charge in [-0.1, -0.05) is 19.3 Å². The molecule has 2 N–H and O–H groups in total. The van der Waals surface area contributed by atoms with Gasteiger partial charge in [-0.3, -0.25) is 24.3 Å². The number of likely N-dealkylation sites (N-methyl/N-ethyl adjacent to an activating group) is 1. The van der Waals surface area contributed by atoms with Gasteiger partial charge in [0.15, 0.2) is 5.76 Å². The molecular weight excluding hydrogens is 861 g/mol. The van der Waals surface area contributed by atoms with Gasteiger partial charge in [0.05, 0.1) is 49.2 Å². The number of fused-ring (bicyclic) bond motifs is 2. The van der Waals surface area contributed by atoms with Crippen LogP contribution in [0, 0.1) is 12.8 Å². The molecule has 8 rings (SSSR count). The second kappa shape index (κ2) is 22.6. The molecule has 17 heteroatoms. The monoisotopic (exact) mass is 926 g/mol. The van der Waals surface area contributed by atoms with Gasteiger partial charge in [-0.15, -0.1) is 11.3 Å². The molecule has 1 unspecified atom stereocenters. The van der Waals surface area contributed by atoms with Crippen LogP contribution in [0.15, 0.2) is 58.6 Å². The number of likely N-dealkylation sites (tertiary alicyclic amines) is 1. The van der Waals surface area contributed by atoms with Crippen molar-refractivity contribution in [3.05, 3.63) is 71.1 Å². The van der Waals surface area contributed by atoms with Crippen molar-refractivity contribution >= 4 is 50.2 Å². The maximum Gasteiger partial charge on any atom is 0.254 e. The summed E-state index contributed by atoms with van der Waals surface area (Å²) in [4.78, 5) is 51.3. The lowest BCUT2D eigenvalue weighted by Gasteiger charge is -2.43. The van der Waals surface area contributed by atoms with Gasteiger partial charge in [-0.05, 0) is 106 Å². The van der Waals surface area contributed by atoms with Crippen LogP contribution in [0.25, 0.3) is 21.1 Å². The van der Waals surface area contributed by atoms with Crippen LogP contribution in [-0.4, -0.2) is 144 Å². The minimum absolute atomic E-state index is 0.0386. The predicted octanol–water partition coefficient (Wildman–Crippen LogP) is 6.05. The van der Waals surface area contributed by atoms with Crippen LogP contribution >= 0.6 is 11.3 Å². The second-order valence-corrected chi connectivity index (χ2v) is 18.9. The maximum atomic E-state index is 14.0. The van der Waals surface area contributed by atoms with Crippen molar-refractivity contribution in [2.75, 3.05) is 72.8 Å². The van der Waals surface area contributed by atoms with E-state index >= 15 is 0 Å².